The molecule has 0 fully saturated rings. The molecule has 0 aliphatic heterocycles. The molecule has 0 aliphatic carbocycles. The third-order valence-electron chi connectivity index (χ3n) is 5.02. The summed E-state index contributed by atoms with van der Waals surface area (Å²) in [7, 11) is 4.08. The Morgan fingerprint density at radius 2 is 1.75 bits per heavy atom. The first-order valence-electron chi connectivity index (χ1n) is 9.74. The van der Waals surface area contributed by atoms with E-state index in [4.69, 9.17) is 4.74 Å². The van der Waals surface area contributed by atoms with Crippen molar-refractivity contribution in [2.45, 2.75) is 19.3 Å². The summed E-state index contributed by atoms with van der Waals surface area (Å²) >= 11 is 0. The molecule has 0 N–H and O–H groups in total. The van der Waals surface area contributed by atoms with Gasteiger partial charge in [0.15, 0.2) is 0 Å². The summed E-state index contributed by atoms with van der Waals surface area (Å²) < 4.78 is 5.93. The van der Waals surface area contributed by atoms with Gasteiger partial charge in [-0.25, -0.2) is 0 Å². The van der Waals surface area contributed by atoms with Crippen molar-refractivity contribution in [3.63, 3.8) is 0 Å². The zero-order chi connectivity index (χ0) is 19.3. The van der Waals surface area contributed by atoms with Gasteiger partial charge in [-0.3, -0.25) is 9.97 Å². The smallest absolute Gasteiger partial charge is 0.121 e. The lowest BCUT2D eigenvalue weighted by Crippen LogP contribution is -2.08. The topological polar surface area (TPSA) is 38.2 Å². The van der Waals surface area contributed by atoms with Gasteiger partial charge in [-0.15, -0.1) is 0 Å². The number of hydrogen-bond donors (Lipinski definition) is 0. The zero-order valence-electron chi connectivity index (χ0n) is 16.4. The molecule has 4 rings (SSSR count). The highest BCUT2D eigenvalue weighted by atomic mass is 16.5. The highest BCUT2D eigenvalue weighted by Gasteiger charge is 2.07. The van der Waals surface area contributed by atoms with Crippen molar-refractivity contribution in [3.8, 4) is 5.75 Å². The van der Waals surface area contributed by atoms with Gasteiger partial charge in [0.05, 0.1) is 17.6 Å². The molecule has 0 bridgehead atoms. The average molecular weight is 371 g/mol. The molecule has 28 heavy (non-hydrogen) atoms. The van der Waals surface area contributed by atoms with Gasteiger partial charge in [0, 0.05) is 49.0 Å². The largest absolute Gasteiger partial charge is 0.494 e. The number of ether oxygens (including phenoxy) is 1. The van der Waals surface area contributed by atoms with Crippen LogP contribution >= 0.6 is 0 Å². The number of anilines is 1. The fourth-order valence-corrected chi connectivity index (χ4v) is 3.49. The molecular weight excluding hydrogens is 346 g/mol. The Kier molecular flexibility index (Phi) is 5.38. The van der Waals surface area contributed by atoms with E-state index in [-0.39, 0.29) is 0 Å². The molecule has 4 heteroatoms. The number of fused-ring (bicyclic) bond motifs is 3. The molecule has 0 saturated carbocycles. The lowest BCUT2D eigenvalue weighted by atomic mass is 10.0. The molecule has 0 saturated heterocycles. The number of nitrogens with zero attached hydrogens (tertiary/aromatic N) is 3. The maximum atomic E-state index is 5.93. The summed E-state index contributed by atoms with van der Waals surface area (Å²) in [5, 5.41) is 2.33. The second kappa shape index (κ2) is 8.26. The van der Waals surface area contributed by atoms with E-state index in [2.05, 4.69) is 51.3 Å². The van der Waals surface area contributed by atoms with Crippen molar-refractivity contribution < 1.29 is 4.74 Å². The normalized spacial score (nSPS) is 11.1. The molecule has 0 atom stereocenters. The second-order valence-electron chi connectivity index (χ2n) is 7.20. The van der Waals surface area contributed by atoms with Gasteiger partial charge >= 0.3 is 0 Å². The van der Waals surface area contributed by atoms with Gasteiger partial charge in [-0.2, -0.15) is 0 Å². The summed E-state index contributed by atoms with van der Waals surface area (Å²) in [6.07, 6.45) is 6.83. The molecule has 0 aliphatic rings. The number of hydrogen-bond acceptors (Lipinski definition) is 4. The number of pyridine rings is 2. The standard InChI is InChI=1S/C24H25N3O/c1-27(2)20-9-5-10-21(17-20)28-16-4-3-7-18-13-15-26-24-22(18)12-11-19-8-6-14-25-23(19)24/h5-6,8-15,17H,3-4,7,16H2,1-2H3. The van der Waals surface area contributed by atoms with E-state index in [1.807, 2.05) is 44.7 Å². The van der Waals surface area contributed by atoms with Gasteiger partial charge in [0.1, 0.15) is 5.75 Å². The maximum absolute atomic E-state index is 5.93. The minimum absolute atomic E-state index is 0.727. The van der Waals surface area contributed by atoms with Crippen LogP contribution in [0.2, 0.25) is 0 Å². The fraction of sp³-hybridized carbons (Fsp3) is 0.250. The summed E-state index contributed by atoms with van der Waals surface area (Å²) in [6, 6.07) is 18.7. The molecule has 2 aromatic heterocycles. The van der Waals surface area contributed by atoms with Crippen molar-refractivity contribution in [2.75, 3.05) is 25.6 Å². The first-order valence-corrected chi connectivity index (χ1v) is 9.74. The van der Waals surface area contributed by atoms with Crippen LogP contribution in [0.15, 0.2) is 67.0 Å². The van der Waals surface area contributed by atoms with E-state index in [0.29, 0.717) is 0 Å². The van der Waals surface area contributed by atoms with Gasteiger partial charge in [-0.1, -0.05) is 24.3 Å². The van der Waals surface area contributed by atoms with E-state index in [0.717, 1.165) is 53.7 Å². The van der Waals surface area contributed by atoms with Crippen molar-refractivity contribution in [1.82, 2.24) is 9.97 Å². The van der Waals surface area contributed by atoms with Crippen molar-refractivity contribution >= 4 is 27.5 Å². The van der Waals surface area contributed by atoms with Crippen LogP contribution in [0.1, 0.15) is 18.4 Å². The summed E-state index contributed by atoms with van der Waals surface area (Å²) in [5.41, 5.74) is 4.45. The minimum Gasteiger partial charge on any atom is -0.494 e. The number of benzene rings is 2. The fourth-order valence-electron chi connectivity index (χ4n) is 3.49. The summed E-state index contributed by atoms with van der Waals surface area (Å²) in [5.74, 6) is 0.929. The summed E-state index contributed by atoms with van der Waals surface area (Å²) in [4.78, 5) is 11.2. The molecule has 4 aromatic rings. The second-order valence-corrected chi connectivity index (χ2v) is 7.20. The molecule has 2 aromatic carbocycles. The Bertz CT molecular complexity index is 1090. The number of rotatable bonds is 7. The minimum atomic E-state index is 0.727. The number of aryl methyl sites for hydroxylation is 1. The average Bonchev–Trinajstić information content (AvgIpc) is 2.73. The molecular formula is C24H25N3O. The number of aromatic nitrogens is 2. The molecule has 0 unspecified atom stereocenters. The van der Waals surface area contributed by atoms with E-state index in [9.17, 15) is 0 Å². The molecule has 4 nitrogen and oxygen atoms in total. The molecule has 0 spiro atoms. The van der Waals surface area contributed by atoms with Gasteiger partial charge in [0.25, 0.3) is 0 Å². The van der Waals surface area contributed by atoms with Crippen LogP contribution in [-0.4, -0.2) is 30.7 Å². The molecule has 0 radical (unpaired) electrons. The van der Waals surface area contributed by atoms with Crippen LogP contribution in [0, 0.1) is 0 Å². The molecule has 0 amide bonds. The highest BCUT2D eigenvalue weighted by Crippen LogP contribution is 2.25. The van der Waals surface area contributed by atoms with Crippen LogP contribution in [0.25, 0.3) is 21.8 Å². The first-order chi connectivity index (χ1) is 13.7. The highest BCUT2D eigenvalue weighted by molar-refractivity contribution is 6.03. The van der Waals surface area contributed by atoms with Gasteiger partial charge in [-0.05, 0) is 49.1 Å². The monoisotopic (exact) mass is 371 g/mol. The third kappa shape index (κ3) is 3.91. The Morgan fingerprint density at radius 1 is 0.857 bits per heavy atom. The van der Waals surface area contributed by atoms with Crippen molar-refractivity contribution in [3.05, 3.63) is 72.6 Å². The van der Waals surface area contributed by atoms with E-state index >= 15 is 0 Å². The van der Waals surface area contributed by atoms with Crippen molar-refractivity contribution in [1.29, 1.82) is 0 Å². The Labute approximate surface area is 165 Å². The van der Waals surface area contributed by atoms with Crippen LogP contribution in [0.5, 0.6) is 5.75 Å². The maximum Gasteiger partial charge on any atom is 0.121 e. The number of unbranched alkanes of at least 4 members (excludes halogenated alkanes) is 1. The Hall–Kier alpha value is -3.14. The third-order valence-corrected chi connectivity index (χ3v) is 5.02. The van der Waals surface area contributed by atoms with Gasteiger partial charge < -0.3 is 9.64 Å². The zero-order valence-corrected chi connectivity index (χ0v) is 16.4. The quantitative estimate of drug-likeness (QED) is 0.328. The van der Waals surface area contributed by atoms with Crippen molar-refractivity contribution in [2.24, 2.45) is 0 Å². The molecule has 142 valence electrons. The summed E-state index contributed by atoms with van der Waals surface area (Å²) in [6.45, 7) is 0.727. The first kappa shape index (κ1) is 18.2. The van der Waals surface area contributed by atoms with E-state index < -0.39 is 0 Å². The van der Waals surface area contributed by atoms with E-state index in [1.54, 1.807) is 0 Å². The Balaban J connectivity index is 1.38. The van der Waals surface area contributed by atoms with Crippen LogP contribution < -0.4 is 9.64 Å². The van der Waals surface area contributed by atoms with Gasteiger partial charge in [0.2, 0.25) is 0 Å². The lowest BCUT2D eigenvalue weighted by Gasteiger charge is -2.14. The Morgan fingerprint density at radius 3 is 2.64 bits per heavy atom. The lowest BCUT2D eigenvalue weighted by molar-refractivity contribution is 0.307. The SMILES string of the molecule is CN(C)c1cccc(OCCCCc2ccnc3c2ccc2cccnc23)c1. The van der Waals surface area contributed by atoms with Crippen LogP contribution in [0.3, 0.4) is 0 Å². The predicted octanol–water partition coefficient (Wildman–Crippen LogP) is 5.25. The van der Waals surface area contributed by atoms with E-state index in [1.165, 1.54) is 10.9 Å². The van der Waals surface area contributed by atoms with Crippen LogP contribution in [-0.2, 0) is 6.42 Å². The molecule has 2 heterocycles. The predicted molar refractivity (Wildman–Crippen MR) is 116 cm³/mol. The van der Waals surface area contributed by atoms with Crippen LogP contribution in [0.4, 0.5) is 5.69 Å².